The second kappa shape index (κ2) is 18.6. The molecule has 0 atom stereocenters. The van der Waals surface area contributed by atoms with Crippen molar-refractivity contribution in [3.63, 3.8) is 0 Å². The van der Waals surface area contributed by atoms with E-state index >= 15 is 0 Å². The maximum Gasteiger partial charge on any atom is 0.264 e. The largest absolute Gasteiger partial charge is 0.311 e. The van der Waals surface area contributed by atoms with E-state index in [4.69, 9.17) is 0 Å². The summed E-state index contributed by atoms with van der Waals surface area (Å²) in [5.41, 5.74) is 24.5. The quantitative estimate of drug-likeness (QED) is 0.147. The van der Waals surface area contributed by atoms with E-state index in [-0.39, 0.29) is 44.6 Å². The lowest BCUT2D eigenvalue weighted by molar-refractivity contribution is 0.332. The zero-order valence-electron chi connectivity index (χ0n) is 51.8. The third kappa shape index (κ3) is 8.71. The maximum atomic E-state index is 2.76. The summed E-state index contributed by atoms with van der Waals surface area (Å²) in [5, 5.41) is 1.36. The van der Waals surface area contributed by atoms with Gasteiger partial charge in [-0.2, -0.15) is 0 Å². The van der Waals surface area contributed by atoms with Crippen molar-refractivity contribution in [1.29, 1.82) is 0 Å². The van der Waals surface area contributed by atoms with Crippen LogP contribution in [0.5, 0.6) is 0 Å². The molecule has 3 nitrogen and oxygen atoms in total. The number of fused-ring (bicyclic) bond motifs is 8. The summed E-state index contributed by atoms with van der Waals surface area (Å²) in [6, 6.07) is 66.4. The van der Waals surface area contributed by atoms with Gasteiger partial charge in [-0.05, 0) is 192 Å². The van der Waals surface area contributed by atoms with Gasteiger partial charge in [-0.3, -0.25) is 0 Å². The fraction of sp³-hybridized carbons (Fsp3) is 0.351. The predicted molar refractivity (Wildman–Crippen MR) is 357 cm³/mol. The van der Waals surface area contributed by atoms with E-state index in [0.29, 0.717) is 0 Å². The zero-order valence-corrected chi connectivity index (χ0v) is 52.6. The molecule has 9 aromatic rings. The Balaban J connectivity index is 1.22. The molecule has 1 aromatic heterocycles. The Labute approximate surface area is 495 Å². The van der Waals surface area contributed by atoms with Gasteiger partial charge in [0.2, 0.25) is 0 Å². The van der Waals surface area contributed by atoms with Gasteiger partial charge >= 0.3 is 0 Å². The van der Waals surface area contributed by atoms with Gasteiger partial charge in [0.25, 0.3) is 6.71 Å². The fourth-order valence-corrected chi connectivity index (χ4v) is 15.9. The minimum atomic E-state index is -0.269. The topological polar surface area (TPSA) is 9.72 Å². The van der Waals surface area contributed by atoms with Crippen LogP contribution in [-0.4, -0.2) is 6.71 Å². The maximum absolute atomic E-state index is 2.76. The van der Waals surface area contributed by atoms with Gasteiger partial charge in [-0.15, -0.1) is 11.3 Å². The van der Waals surface area contributed by atoms with Crippen LogP contribution >= 0.6 is 11.3 Å². The highest BCUT2D eigenvalue weighted by Gasteiger charge is 2.48. The summed E-state index contributed by atoms with van der Waals surface area (Å²) >= 11 is 2.05. The van der Waals surface area contributed by atoms with Gasteiger partial charge in [0, 0.05) is 60.1 Å². The lowest BCUT2D eigenvalue weighted by Crippen LogP contribution is -2.60. The van der Waals surface area contributed by atoms with Crippen LogP contribution in [0.4, 0.5) is 51.2 Å². The van der Waals surface area contributed by atoms with Crippen molar-refractivity contribution in [3.8, 4) is 0 Å². The summed E-state index contributed by atoms with van der Waals surface area (Å²) in [5.74, 6) is 0. The number of hydrogen-bond donors (Lipinski definition) is 0. The van der Waals surface area contributed by atoms with Gasteiger partial charge < -0.3 is 14.7 Å². The Morgan fingerprint density at radius 3 is 1.46 bits per heavy atom. The van der Waals surface area contributed by atoms with Crippen molar-refractivity contribution in [2.24, 2.45) is 0 Å². The summed E-state index contributed by atoms with van der Waals surface area (Å²) in [7, 11) is 0. The van der Waals surface area contributed by atoms with E-state index in [0.717, 1.165) is 29.9 Å². The zero-order chi connectivity index (χ0) is 57.8. The predicted octanol–water partition coefficient (Wildman–Crippen LogP) is 20.1. The molecule has 416 valence electrons. The van der Waals surface area contributed by atoms with Gasteiger partial charge in [0.1, 0.15) is 0 Å². The molecular weight excluding hydrogens is 1010 g/mol. The fourth-order valence-electron chi connectivity index (χ4n) is 14.5. The molecule has 2 aliphatic heterocycles. The van der Waals surface area contributed by atoms with E-state index in [2.05, 4.69) is 307 Å². The normalized spacial score (nSPS) is 17.4. The number of thiophene rings is 1. The van der Waals surface area contributed by atoms with Crippen LogP contribution in [0.1, 0.15) is 181 Å². The smallest absolute Gasteiger partial charge is 0.264 e. The Morgan fingerprint density at radius 2 is 0.915 bits per heavy atom. The molecule has 0 fully saturated rings. The van der Waals surface area contributed by atoms with Gasteiger partial charge in [0.05, 0.1) is 11.4 Å². The minimum Gasteiger partial charge on any atom is -0.311 e. The standard InChI is InChI=1S/C77H84BN3S/c1-71(2,3)51-40-52(72(4,5)6)42-56(41-51)80-64-35-32-50(77(15,16)49-26-20-17-21-27-49)43-63(64)78-68-65(80)45-57(79(53-28-22-18-23-29-53)54-30-24-19-25-31-54)46-66(68)81(55-33-34-59-60(44-55)74(9,10)37-36-73(59,7)8)69-58-47-61-62(48-67(58)82-70(69)78)76(13,14)39-38-75(61,11)12/h17-35,40-48H,36-39H2,1-16H3. The van der Waals surface area contributed by atoms with Gasteiger partial charge in [-0.1, -0.05) is 202 Å². The van der Waals surface area contributed by atoms with Crippen molar-refractivity contribution in [3.05, 3.63) is 214 Å². The number of hydrogen-bond acceptors (Lipinski definition) is 4. The van der Waals surface area contributed by atoms with E-state index < -0.39 is 0 Å². The molecule has 82 heavy (non-hydrogen) atoms. The number of benzene rings is 8. The molecule has 8 aromatic carbocycles. The number of nitrogens with zero attached hydrogens (tertiary/aromatic N) is 3. The number of anilines is 9. The highest BCUT2D eigenvalue weighted by atomic mass is 32.1. The molecule has 0 unspecified atom stereocenters. The Bertz CT molecular complexity index is 3920. The summed E-state index contributed by atoms with van der Waals surface area (Å²) in [4.78, 5) is 7.94. The van der Waals surface area contributed by atoms with Crippen LogP contribution < -0.4 is 30.4 Å². The Morgan fingerprint density at radius 1 is 0.415 bits per heavy atom. The van der Waals surface area contributed by atoms with Gasteiger partial charge in [-0.25, -0.2) is 0 Å². The first kappa shape index (κ1) is 54.4. The van der Waals surface area contributed by atoms with E-state index in [1.54, 1.807) is 0 Å². The Kier molecular flexibility index (Phi) is 12.3. The van der Waals surface area contributed by atoms with Crippen LogP contribution in [0, 0.1) is 0 Å². The van der Waals surface area contributed by atoms with Crippen LogP contribution in [0.3, 0.4) is 0 Å². The number of para-hydroxylation sites is 2. The molecule has 4 aliphatic rings. The summed E-state index contributed by atoms with van der Waals surface area (Å²) in [6.45, 7) is 38.9. The van der Waals surface area contributed by atoms with Crippen molar-refractivity contribution in [2.45, 2.75) is 174 Å². The first-order chi connectivity index (χ1) is 38.6. The van der Waals surface area contributed by atoms with Crippen LogP contribution in [0.25, 0.3) is 10.1 Å². The second-order valence-electron chi connectivity index (χ2n) is 30.0. The van der Waals surface area contributed by atoms with E-state index in [1.807, 2.05) is 0 Å². The van der Waals surface area contributed by atoms with Crippen molar-refractivity contribution >= 4 is 95.0 Å². The lowest BCUT2D eigenvalue weighted by Gasteiger charge is -2.46. The van der Waals surface area contributed by atoms with E-state index in [9.17, 15) is 0 Å². The van der Waals surface area contributed by atoms with Crippen molar-refractivity contribution in [1.82, 2.24) is 0 Å². The molecule has 0 N–H and O–H groups in total. The molecule has 2 aliphatic carbocycles. The van der Waals surface area contributed by atoms with Crippen LogP contribution in [-0.2, 0) is 37.9 Å². The highest BCUT2D eigenvalue weighted by Crippen LogP contribution is 2.56. The second-order valence-corrected chi connectivity index (χ2v) is 31.1. The first-order valence-corrected chi connectivity index (χ1v) is 31.3. The molecule has 0 amide bonds. The lowest BCUT2D eigenvalue weighted by atomic mass is 9.36. The molecule has 0 saturated carbocycles. The summed E-state index contributed by atoms with van der Waals surface area (Å²) < 4.78 is 2.80. The molecule has 0 saturated heterocycles. The van der Waals surface area contributed by atoms with Crippen LogP contribution in [0.15, 0.2) is 170 Å². The molecule has 13 rings (SSSR count). The number of rotatable bonds is 7. The third-order valence-electron chi connectivity index (χ3n) is 20.1. The first-order valence-electron chi connectivity index (χ1n) is 30.5. The molecule has 0 bridgehead atoms. The van der Waals surface area contributed by atoms with Crippen molar-refractivity contribution < 1.29 is 0 Å². The third-order valence-corrected chi connectivity index (χ3v) is 21.3. The van der Waals surface area contributed by atoms with E-state index in [1.165, 1.54) is 117 Å². The average Bonchev–Trinajstić information content (AvgIpc) is 1.99. The monoisotopic (exact) mass is 1090 g/mol. The SMILES string of the molecule is CC(C)(C)c1cc(N2c3ccc(C(C)(C)c4ccccc4)cc3B3c4sc5cc6c(cc5c4N(c4ccc5c(c4)C(C)(C)CCC5(C)C)c4cc(N(c5ccccc5)c5ccccc5)cc2c43)C(C)(C)CCC6(C)C)cc(C(C)(C)C)c1. The average molecular weight is 1090 g/mol. The van der Waals surface area contributed by atoms with Crippen LogP contribution in [0.2, 0.25) is 0 Å². The molecule has 0 radical (unpaired) electrons. The van der Waals surface area contributed by atoms with Crippen molar-refractivity contribution in [2.75, 3.05) is 14.7 Å². The highest BCUT2D eigenvalue weighted by molar-refractivity contribution is 7.33. The minimum absolute atomic E-state index is 0.00658. The Hall–Kier alpha value is -6.82. The summed E-state index contributed by atoms with van der Waals surface area (Å²) in [6.07, 6.45) is 4.65. The molecule has 0 spiro atoms. The molecular formula is C77H84BN3S. The molecule has 3 heterocycles. The molecule has 5 heteroatoms. The van der Waals surface area contributed by atoms with Gasteiger partial charge in [0.15, 0.2) is 0 Å².